The fourth-order valence-corrected chi connectivity index (χ4v) is 2.94. The molecule has 0 saturated carbocycles. The van der Waals surface area contributed by atoms with Crippen LogP contribution in [0.25, 0.3) is 10.2 Å². The molecule has 0 amide bonds. The lowest BCUT2D eigenvalue weighted by Gasteiger charge is -1.87. The van der Waals surface area contributed by atoms with Crippen LogP contribution in [-0.2, 0) is 5.75 Å². The maximum atomic E-state index is 5.86. The van der Waals surface area contributed by atoms with Crippen LogP contribution in [0, 0.1) is 0 Å². The third kappa shape index (κ3) is 1.98. The number of thioether (sulfide) groups is 1. The molecule has 0 N–H and O–H groups in total. The molecule has 0 unspecified atom stereocenters. The molecular formula is C9H8ClNS2. The van der Waals surface area contributed by atoms with Crippen LogP contribution in [0.5, 0.6) is 0 Å². The molecule has 4 heteroatoms. The summed E-state index contributed by atoms with van der Waals surface area (Å²) in [5.41, 5.74) is 1.02. The van der Waals surface area contributed by atoms with E-state index in [4.69, 9.17) is 11.6 Å². The molecule has 0 aliphatic rings. The van der Waals surface area contributed by atoms with Crippen molar-refractivity contribution in [3.63, 3.8) is 0 Å². The van der Waals surface area contributed by atoms with Crippen LogP contribution in [0.3, 0.4) is 0 Å². The zero-order valence-electron chi connectivity index (χ0n) is 7.08. The number of thiazole rings is 1. The fourth-order valence-electron chi connectivity index (χ4n) is 1.13. The van der Waals surface area contributed by atoms with Gasteiger partial charge in [-0.15, -0.1) is 11.3 Å². The van der Waals surface area contributed by atoms with E-state index in [-0.39, 0.29) is 0 Å². The number of aromatic nitrogens is 1. The number of benzene rings is 1. The topological polar surface area (TPSA) is 12.9 Å². The van der Waals surface area contributed by atoms with Gasteiger partial charge in [0.2, 0.25) is 0 Å². The van der Waals surface area contributed by atoms with Gasteiger partial charge in [-0.3, -0.25) is 0 Å². The zero-order chi connectivity index (χ0) is 9.26. The predicted molar refractivity (Wildman–Crippen MR) is 61.8 cm³/mol. The molecule has 2 aromatic rings. The molecule has 0 bridgehead atoms. The number of hydrogen-bond acceptors (Lipinski definition) is 3. The second kappa shape index (κ2) is 3.86. The first-order valence-corrected chi connectivity index (χ1v) is 6.42. The second-order valence-electron chi connectivity index (χ2n) is 2.65. The van der Waals surface area contributed by atoms with Crippen molar-refractivity contribution < 1.29 is 0 Å². The summed E-state index contributed by atoms with van der Waals surface area (Å²) in [6, 6.07) is 5.85. The summed E-state index contributed by atoms with van der Waals surface area (Å²) < 4.78 is 1.22. The molecule has 0 fully saturated rings. The van der Waals surface area contributed by atoms with E-state index in [1.54, 1.807) is 23.1 Å². The summed E-state index contributed by atoms with van der Waals surface area (Å²) in [7, 11) is 0. The highest BCUT2D eigenvalue weighted by molar-refractivity contribution is 7.97. The summed E-state index contributed by atoms with van der Waals surface area (Å²) >= 11 is 9.39. The summed E-state index contributed by atoms with van der Waals surface area (Å²) in [4.78, 5) is 4.48. The highest BCUT2D eigenvalue weighted by atomic mass is 35.5. The smallest absolute Gasteiger partial charge is 0.104 e. The highest BCUT2D eigenvalue weighted by Crippen LogP contribution is 2.26. The van der Waals surface area contributed by atoms with Crippen LogP contribution < -0.4 is 0 Å². The van der Waals surface area contributed by atoms with E-state index in [2.05, 4.69) is 11.2 Å². The molecule has 0 saturated heterocycles. The van der Waals surface area contributed by atoms with Crippen molar-refractivity contribution in [2.75, 3.05) is 6.26 Å². The predicted octanol–water partition coefficient (Wildman–Crippen LogP) is 3.81. The Balaban J connectivity index is 2.49. The number of halogens is 1. The van der Waals surface area contributed by atoms with Crippen LogP contribution in [0.2, 0.25) is 5.02 Å². The Morgan fingerprint density at radius 2 is 2.38 bits per heavy atom. The minimum absolute atomic E-state index is 0.758. The molecule has 0 aliphatic carbocycles. The second-order valence-corrected chi connectivity index (χ2v) is 5.07. The third-order valence-corrected chi connectivity index (χ3v) is 3.68. The monoisotopic (exact) mass is 229 g/mol. The first-order valence-electron chi connectivity index (χ1n) is 3.83. The van der Waals surface area contributed by atoms with Gasteiger partial charge >= 0.3 is 0 Å². The summed E-state index contributed by atoms with van der Waals surface area (Å²) in [5.74, 6) is 0.983. The highest BCUT2D eigenvalue weighted by Gasteiger charge is 2.02. The molecule has 1 nitrogen and oxygen atoms in total. The van der Waals surface area contributed by atoms with Crippen LogP contribution in [0.1, 0.15) is 5.01 Å². The van der Waals surface area contributed by atoms with Gasteiger partial charge in [0.05, 0.1) is 10.2 Å². The van der Waals surface area contributed by atoms with Gasteiger partial charge in [-0.2, -0.15) is 11.8 Å². The van der Waals surface area contributed by atoms with E-state index in [0.29, 0.717) is 0 Å². The Kier molecular flexibility index (Phi) is 2.77. The average Bonchev–Trinajstić information content (AvgIpc) is 2.46. The maximum Gasteiger partial charge on any atom is 0.104 e. The Hall–Kier alpha value is -0.250. The van der Waals surface area contributed by atoms with Gasteiger partial charge in [-0.25, -0.2) is 4.98 Å². The molecule has 2 rings (SSSR count). The van der Waals surface area contributed by atoms with E-state index in [1.807, 2.05) is 18.2 Å². The van der Waals surface area contributed by atoms with Crippen molar-refractivity contribution in [2.45, 2.75) is 5.75 Å². The Morgan fingerprint density at radius 1 is 1.54 bits per heavy atom. The SMILES string of the molecule is CSCc1nc2cc(Cl)ccc2s1. The first-order chi connectivity index (χ1) is 6.29. The average molecular weight is 230 g/mol. The van der Waals surface area contributed by atoms with E-state index in [9.17, 15) is 0 Å². The van der Waals surface area contributed by atoms with Crippen LogP contribution in [-0.4, -0.2) is 11.2 Å². The minimum Gasteiger partial charge on any atom is -0.240 e. The standard InChI is InChI=1S/C9H8ClNS2/c1-12-5-9-11-7-4-6(10)2-3-8(7)13-9/h2-4H,5H2,1H3. The van der Waals surface area contributed by atoms with Gasteiger partial charge < -0.3 is 0 Å². The molecule has 1 aromatic heterocycles. The van der Waals surface area contributed by atoms with Crippen molar-refractivity contribution in [3.8, 4) is 0 Å². The van der Waals surface area contributed by atoms with Gasteiger partial charge in [-0.05, 0) is 24.5 Å². The molecule has 0 radical (unpaired) electrons. The van der Waals surface area contributed by atoms with E-state index in [1.165, 1.54) is 9.71 Å². The number of hydrogen-bond donors (Lipinski definition) is 0. The van der Waals surface area contributed by atoms with Gasteiger partial charge in [0, 0.05) is 10.8 Å². The van der Waals surface area contributed by atoms with Gasteiger partial charge in [0.1, 0.15) is 5.01 Å². The van der Waals surface area contributed by atoms with Gasteiger partial charge in [0.15, 0.2) is 0 Å². The first kappa shape index (κ1) is 9.31. The minimum atomic E-state index is 0.758. The maximum absolute atomic E-state index is 5.86. The van der Waals surface area contributed by atoms with Crippen molar-refractivity contribution in [3.05, 3.63) is 28.2 Å². The summed E-state index contributed by atoms with van der Waals surface area (Å²) in [6.45, 7) is 0. The van der Waals surface area contributed by atoms with Crippen molar-refractivity contribution in [1.82, 2.24) is 4.98 Å². The number of rotatable bonds is 2. The van der Waals surface area contributed by atoms with E-state index < -0.39 is 0 Å². The van der Waals surface area contributed by atoms with Gasteiger partial charge in [0.25, 0.3) is 0 Å². The van der Waals surface area contributed by atoms with Crippen molar-refractivity contribution in [2.24, 2.45) is 0 Å². The third-order valence-electron chi connectivity index (χ3n) is 1.66. The molecule has 1 heterocycles. The Bertz CT molecular complexity index is 424. The Morgan fingerprint density at radius 3 is 3.15 bits per heavy atom. The molecule has 68 valence electrons. The number of nitrogens with zero attached hydrogens (tertiary/aromatic N) is 1. The van der Waals surface area contributed by atoms with E-state index >= 15 is 0 Å². The molecule has 0 spiro atoms. The van der Waals surface area contributed by atoms with Crippen LogP contribution in [0.15, 0.2) is 18.2 Å². The molecule has 1 aromatic carbocycles. The lowest BCUT2D eigenvalue weighted by Crippen LogP contribution is -1.74. The quantitative estimate of drug-likeness (QED) is 0.777. The normalized spacial score (nSPS) is 10.9. The molecule has 0 atom stereocenters. The molecule has 0 aliphatic heterocycles. The lowest BCUT2D eigenvalue weighted by molar-refractivity contribution is 1.31. The largest absolute Gasteiger partial charge is 0.240 e. The lowest BCUT2D eigenvalue weighted by atomic mass is 10.3. The summed E-state index contributed by atoms with van der Waals surface area (Å²) in [5, 5.41) is 1.93. The summed E-state index contributed by atoms with van der Waals surface area (Å²) in [6.07, 6.45) is 2.08. The molecular weight excluding hydrogens is 222 g/mol. The Labute approximate surface area is 90.1 Å². The van der Waals surface area contributed by atoms with Crippen LogP contribution >= 0.6 is 34.7 Å². The zero-order valence-corrected chi connectivity index (χ0v) is 9.47. The fraction of sp³-hybridized carbons (Fsp3) is 0.222. The van der Waals surface area contributed by atoms with Crippen LogP contribution in [0.4, 0.5) is 0 Å². The molecule has 13 heavy (non-hydrogen) atoms. The van der Waals surface area contributed by atoms with Crippen molar-refractivity contribution >= 4 is 44.9 Å². The van der Waals surface area contributed by atoms with E-state index in [0.717, 1.165) is 16.3 Å². The van der Waals surface area contributed by atoms with Crippen molar-refractivity contribution in [1.29, 1.82) is 0 Å². The van der Waals surface area contributed by atoms with Gasteiger partial charge in [-0.1, -0.05) is 11.6 Å². The number of fused-ring (bicyclic) bond motifs is 1.